The van der Waals surface area contributed by atoms with Crippen LogP contribution in [0.15, 0.2) is 42.5 Å². The predicted molar refractivity (Wildman–Crippen MR) is 109 cm³/mol. The maximum atomic E-state index is 6.20. The minimum Gasteiger partial charge on any atom is -0.497 e. The van der Waals surface area contributed by atoms with Gasteiger partial charge in [0.2, 0.25) is 5.95 Å². The third-order valence-electron chi connectivity index (χ3n) is 4.04. The second-order valence-electron chi connectivity index (χ2n) is 5.95. The molecule has 140 valence electrons. The third-order valence-corrected chi connectivity index (χ3v) is 4.45. The Bertz CT molecular complexity index is 963. The summed E-state index contributed by atoms with van der Waals surface area (Å²) in [7, 11) is 3.22. The van der Waals surface area contributed by atoms with Gasteiger partial charge in [0.25, 0.3) is 0 Å². The SMILES string of the molecule is COc1ccc(Nc2nc(C)cc(Nc3cccc(Cl)c3C)n2)c(OC)c1. The number of benzene rings is 2. The Hall–Kier alpha value is -2.99. The van der Waals surface area contributed by atoms with Crippen molar-refractivity contribution in [3.63, 3.8) is 0 Å². The molecule has 6 nitrogen and oxygen atoms in total. The third kappa shape index (κ3) is 4.41. The summed E-state index contributed by atoms with van der Waals surface area (Å²) in [5, 5.41) is 7.20. The molecule has 0 amide bonds. The van der Waals surface area contributed by atoms with Gasteiger partial charge in [0.1, 0.15) is 17.3 Å². The van der Waals surface area contributed by atoms with E-state index < -0.39 is 0 Å². The normalized spacial score (nSPS) is 10.4. The molecule has 0 aliphatic heterocycles. The number of nitrogens with zero attached hydrogens (tertiary/aromatic N) is 2. The van der Waals surface area contributed by atoms with Gasteiger partial charge in [0.05, 0.1) is 19.9 Å². The Kier molecular flexibility index (Phi) is 5.66. The average Bonchev–Trinajstić information content (AvgIpc) is 2.65. The minimum absolute atomic E-state index is 0.459. The molecule has 7 heteroatoms. The Labute approximate surface area is 163 Å². The molecule has 2 aromatic carbocycles. The highest BCUT2D eigenvalue weighted by atomic mass is 35.5. The van der Waals surface area contributed by atoms with Gasteiger partial charge in [0.15, 0.2) is 0 Å². The fourth-order valence-corrected chi connectivity index (χ4v) is 2.77. The standard InChI is InChI=1S/C20H21ClN4O2/c1-12-10-19(23-16-7-5-6-15(21)13(16)2)25-20(22-12)24-17-9-8-14(26-3)11-18(17)27-4/h5-11H,1-4H3,(H2,22,23,24,25). The Morgan fingerprint density at radius 2 is 1.70 bits per heavy atom. The molecule has 0 aliphatic rings. The lowest BCUT2D eigenvalue weighted by molar-refractivity contribution is 0.395. The molecular weight excluding hydrogens is 364 g/mol. The van der Waals surface area contributed by atoms with Gasteiger partial charge in [-0.3, -0.25) is 0 Å². The maximum Gasteiger partial charge on any atom is 0.229 e. The van der Waals surface area contributed by atoms with Crippen LogP contribution in [0.25, 0.3) is 0 Å². The molecule has 0 fully saturated rings. The number of methoxy groups -OCH3 is 2. The zero-order valence-electron chi connectivity index (χ0n) is 15.6. The topological polar surface area (TPSA) is 68.3 Å². The van der Waals surface area contributed by atoms with Crippen molar-refractivity contribution in [1.82, 2.24) is 9.97 Å². The van der Waals surface area contributed by atoms with E-state index in [1.165, 1.54) is 0 Å². The second-order valence-corrected chi connectivity index (χ2v) is 6.35. The molecule has 0 bridgehead atoms. The average molecular weight is 385 g/mol. The number of anilines is 4. The summed E-state index contributed by atoms with van der Waals surface area (Å²) >= 11 is 6.20. The Balaban J connectivity index is 1.89. The van der Waals surface area contributed by atoms with Gasteiger partial charge < -0.3 is 20.1 Å². The highest BCUT2D eigenvalue weighted by molar-refractivity contribution is 6.31. The van der Waals surface area contributed by atoms with E-state index in [0.717, 1.165) is 22.6 Å². The highest BCUT2D eigenvalue weighted by Crippen LogP contribution is 2.31. The van der Waals surface area contributed by atoms with Gasteiger partial charge in [-0.25, -0.2) is 4.98 Å². The lowest BCUT2D eigenvalue weighted by Crippen LogP contribution is -2.04. The van der Waals surface area contributed by atoms with Crippen molar-refractivity contribution in [2.45, 2.75) is 13.8 Å². The lowest BCUT2D eigenvalue weighted by atomic mass is 10.2. The first kappa shape index (κ1) is 18.8. The van der Waals surface area contributed by atoms with Gasteiger partial charge in [-0.15, -0.1) is 0 Å². The van der Waals surface area contributed by atoms with Crippen LogP contribution in [-0.2, 0) is 0 Å². The van der Waals surface area contributed by atoms with Crippen molar-refractivity contribution >= 4 is 34.7 Å². The van der Waals surface area contributed by atoms with E-state index in [2.05, 4.69) is 20.6 Å². The molecule has 1 heterocycles. The fraction of sp³-hybridized carbons (Fsp3) is 0.200. The molecule has 27 heavy (non-hydrogen) atoms. The van der Waals surface area contributed by atoms with Gasteiger partial charge in [-0.1, -0.05) is 17.7 Å². The van der Waals surface area contributed by atoms with Crippen molar-refractivity contribution in [3.05, 3.63) is 58.7 Å². The van der Waals surface area contributed by atoms with Crippen LogP contribution in [0.1, 0.15) is 11.3 Å². The monoisotopic (exact) mass is 384 g/mol. The van der Waals surface area contributed by atoms with Crippen LogP contribution in [0, 0.1) is 13.8 Å². The highest BCUT2D eigenvalue weighted by Gasteiger charge is 2.10. The van der Waals surface area contributed by atoms with Gasteiger partial charge in [-0.05, 0) is 43.7 Å². The molecule has 1 aromatic heterocycles. The molecule has 0 radical (unpaired) electrons. The zero-order chi connectivity index (χ0) is 19.4. The summed E-state index contributed by atoms with van der Waals surface area (Å²) < 4.78 is 10.6. The summed E-state index contributed by atoms with van der Waals surface area (Å²) in [6.45, 7) is 3.87. The number of ether oxygens (including phenoxy) is 2. The van der Waals surface area contributed by atoms with Crippen LogP contribution >= 0.6 is 11.6 Å². The second kappa shape index (κ2) is 8.14. The first-order valence-corrected chi connectivity index (χ1v) is 8.75. The predicted octanol–water partition coefficient (Wildman–Crippen LogP) is 5.25. The van der Waals surface area contributed by atoms with Crippen molar-refractivity contribution in [2.24, 2.45) is 0 Å². The largest absolute Gasteiger partial charge is 0.497 e. The molecule has 0 saturated carbocycles. The summed E-state index contributed by atoms with van der Waals surface area (Å²) in [5.74, 6) is 2.48. The van der Waals surface area contributed by atoms with Crippen LogP contribution in [0.5, 0.6) is 11.5 Å². The number of rotatable bonds is 6. The van der Waals surface area contributed by atoms with E-state index in [-0.39, 0.29) is 0 Å². The zero-order valence-corrected chi connectivity index (χ0v) is 16.4. The summed E-state index contributed by atoms with van der Waals surface area (Å²) in [4.78, 5) is 9.00. The van der Waals surface area contributed by atoms with E-state index in [0.29, 0.717) is 28.3 Å². The number of nitrogens with one attached hydrogen (secondary N) is 2. The van der Waals surface area contributed by atoms with Crippen molar-refractivity contribution in [1.29, 1.82) is 0 Å². The molecule has 0 spiro atoms. The first-order chi connectivity index (χ1) is 13.0. The molecular formula is C20H21ClN4O2. The number of hydrogen-bond acceptors (Lipinski definition) is 6. The van der Waals surface area contributed by atoms with Crippen molar-refractivity contribution in [2.75, 3.05) is 24.9 Å². The molecule has 0 unspecified atom stereocenters. The van der Waals surface area contributed by atoms with Crippen LogP contribution in [-0.4, -0.2) is 24.2 Å². The van der Waals surface area contributed by atoms with E-state index in [9.17, 15) is 0 Å². The smallest absolute Gasteiger partial charge is 0.229 e. The Morgan fingerprint density at radius 1 is 0.889 bits per heavy atom. The molecule has 0 saturated heterocycles. The first-order valence-electron chi connectivity index (χ1n) is 8.37. The van der Waals surface area contributed by atoms with E-state index in [1.807, 2.05) is 50.2 Å². The minimum atomic E-state index is 0.459. The fourth-order valence-electron chi connectivity index (χ4n) is 2.59. The molecule has 0 aliphatic carbocycles. The van der Waals surface area contributed by atoms with E-state index in [1.54, 1.807) is 20.3 Å². The van der Waals surface area contributed by atoms with Crippen LogP contribution in [0.2, 0.25) is 5.02 Å². The van der Waals surface area contributed by atoms with Crippen molar-refractivity contribution < 1.29 is 9.47 Å². The molecule has 3 aromatic rings. The number of aromatic nitrogens is 2. The van der Waals surface area contributed by atoms with Crippen LogP contribution < -0.4 is 20.1 Å². The van der Waals surface area contributed by atoms with E-state index >= 15 is 0 Å². The Morgan fingerprint density at radius 3 is 2.44 bits per heavy atom. The quantitative estimate of drug-likeness (QED) is 0.604. The maximum absolute atomic E-state index is 6.20. The van der Waals surface area contributed by atoms with Gasteiger partial charge in [0, 0.05) is 28.5 Å². The molecule has 3 rings (SSSR count). The summed E-state index contributed by atoms with van der Waals surface area (Å²) in [6.07, 6.45) is 0. The summed E-state index contributed by atoms with van der Waals surface area (Å²) in [6, 6.07) is 13.1. The van der Waals surface area contributed by atoms with Gasteiger partial charge >= 0.3 is 0 Å². The van der Waals surface area contributed by atoms with Crippen LogP contribution in [0.4, 0.5) is 23.1 Å². The molecule has 0 atom stereocenters. The van der Waals surface area contributed by atoms with Gasteiger partial charge in [-0.2, -0.15) is 4.98 Å². The number of hydrogen-bond donors (Lipinski definition) is 2. The molecule has 2 N–H and O–H groups in total. The van der Waals surface area contributed by atoms with Crippen molar-refractivity contribution in [3.8, 4) is 11.5 Å². The number of aryl methyl sites for hydroxylation is 1. The van der Waals surface area contributed by atoms with Crippen LogP contribution in [0.3, 0.4) is 0 Å². The number of halogens is 1. The summed E-state index contributed by atoms with van der Waals surface area (Å²) in [5.41, 5.74) is 3.42. The lowest BCUT2D eigenvalue weighted by Gasteiger charge is -2.14. The van der Waals surface area contributed by atoms with E-state index in [4.69, 9.17) is 21.1 Å².